The first-order chi connectivity index (χ1) is 17.4. The van der Waals surface area contributed by atoms with Gasteiger partial charge in [0.15, 0.2) is 0 Å². The molecule has 5 rings (SSSR count). The third-order valence-corrected chi connectivity index (χ3v) is 5.78. The lowest BCUT2D eigenvalue weighted by Gasteiger charge is -2.33. The van der Waals surface area contributed by atoms with Crippen LogP contribution in [0.1, 0.15) is 18.2 Å². The Kier molecular flexibility index (Phi) is 6.20. The second-order valence-electron chi connectivity index (χ2n) is 8.25. The molecule has 3 aromatic rings. The molecule has 0 atom stereocenters. The van der Waals surface area contributed by atoms with E-state index in [4.69, 9.17) is 9.31 Å². The molecule has 9 heteroatoms. The zero-order chi connectivity index (χ0) is 25.1. The monoisotopic (exact) mass is 484 g/mol. The molecule has 2 aliphatic rings. The van der Waals surface area contributed by atoms with Crippen LogP contribution in [0.2, 0.25) is 0 Å². The van der Waals surface area contributed by atoms with Crippen LogP contribution in [0.5, 0.6) is 0 Å². The van der Waals surface area contributed by atoms with E-state index in [2.05, 4.69) is 10.2 Å². The lowest BCUT2D eigenvalue weighted by Crippen LogP contribution is -2.33. The summed E-state index contributed by atoms with van der Waals surface area (Å²) >= 11 is 0. The SMILES string of the molecule is CC1=[N+](c2ccccc2)N=CC1=CC=C1C=C(C=Cc2cnn(-c3ccccc3)c2C)O[B-](F)(F)O1. The molecule has 0 fully saturated rings. The van der Waals surface area contributed by atoms with Gasteiger partial charge in [0.05, 0.1) is 29.0 Å². The zero-order valence-electron chi connectivity index (χ0n) is 19.8. The Labute approximate surface area is 207 Å². The molecule has 180 valence electrons. The minimum absolute atomic E-state index is 0.00513. The van der Waals surface area contributed by atoms with Gasteiger partial charge in [0.1, 0.15) is 6.21 Å². The fourth-order valence-corrected chi connectivity index (χ4v) is 3.90. The summed E-state index contributed by atoms with van der Waals surface area (Å²) in [4.78, 5) is 0. The first-order valence-corrected chi connectivity index (χ1v) is 11.4. The van der Waals surface area contributed by atoms with Gasteiger partial charge >= 0.3 is 7.11 Å². The minimum Gasteiger partial charge on any atom is -0.627 e. The highest BCUT2D eigenvalue weighted by molar-refractivity contribution is 6.53. The van der Waals surface area contributed by atoms with Crippen LogP contribution in [-0.4, -0.2) is 33.5 Å². The Morgan fingerprint density at radius 1 is 0.917 bits per heavy atom. The third-order valence-electron chi connectivity index (χ3n) is 5.78. The number of para-hydroxylation sites is 2. The molecular weight excluding hydrogens is 461 g/mol. The summed E-state index contributed by atoms with van der Waals surface area (Å²) < 4.78 is 41.6. The van der Waals surface area contributed by atoms with Gasteiger partial charge in [-0.3, -0.25) is 0 Å². The number of aromatic nitrogens is 2. The Bertz CT molecular complexity index is 1470. The summed E-state index contributed by atoms with van der Waals surface area (Å²) in [7, 11) is -4.50. The van der Waals surface area contributed by atoms with E-state index in [1.54, 1.807) is 33.9 Å². The second kappa shape index (κ2) is 9.61. The largest absolute Gasteiger partial charge is 0.725 e. The van der Waals surface area contributed by atoms with E-state index in [0.717, 1.165) is 33.9 Å². The van der Waals surface area contributed by atoms with Crippen molar-refractivity contribution in [3.63, 3.8) is 0 Å². The average molecular weight is 484 g/mol. The molecule has 1 aromatic heterocycles. The summed E-state index contributed by atoms with van der Waals surface area (Å²) in [5, 5.41) is 8.80. The molecule has 0 radical (unpaired) electrons. The molecule has 0 spiro atoms. The molecule has 0 amide bonds. The topological polar surface area (TPSA) is 51.7 Å². The number of allylic oxidation sites excluding steroid dienone is 5. The van der Waals surface area contributed by atoms with Crippen molar-refractivity contribution in [2.45, 2.75) is 13.8 Å². The van der Waals surface area contributed by atoms with Crippen molar-refractivity contribution in [3.05, 3.63) is 120 Å². The molecule has 2 aromatic carbocycles. The van der Waals surface area contributed by atoms with Crippen LogP contribution in [0.3, 0.4) is 0 Å². The van der Waals surface area contributed by atoms with Crippen LogP contribution in [0, 0.1) is 6.92 Å². The Morgan fingerprint density at radius 2 is 1.64 bits per heavy atom. The standard InChI is InChI=1S/C27H23BF2N4O2/c1-20-22(18-31-33(20)24-9-5-3-6-10-24)13-15-26-17-27(36-28(29,30)35-26)16-14-23-19-32-34(21(23)2)25-11-7-4-8-12-25/h3-19H,1-2H3. The van der Waals surface area contributed by atoms with Crippen LogP contribution in [0.15, 0.2) is 113 Å². The molecule has 0 aliphatic carbocycles. The van der Waals surface area contributed by atoms with Gasteiger partial charge < -0.3 is 17.9 Å². The van der Waals surface area contributed by atoms with Crippen molar-refractivity contribution in [2.75, 3.05) is 0 Å². The molecule has 36 heavy (non-hydrogen) atoms. The van der Waals surface area contributed by atoms with E-state index in [1.165, 1.54) is 18.2 Å². The van der Waals surface area contributed by atoms with Crippen LogP contribution < -0.4 is 0 Å². The Hall–Kier alpha value is -4.53. The molecule has 0 N–H and O–H groups in total. The molecule has 0 saturated heterocycles. The maximum atomic E-state index is 14.2. The van der Waals surface area contributed by atoms with E-state index in [9.17, 15) is 8.63 Å². The second-order valence-corrected chi connectivity index (χ2v) is 8.25. The first kappa shape index (κ1) is 23.2. The zero-order valence-corrected chi connectivity index (χ0v) is 19.8. The van der Waals surface area contributed by atoms with E-state index < -0.39 is 7.11 Å². The van der Waals surface area contributed by atoms with Gasteiger partial charge in [-0.25, -0.2) is 4.68 Å². The van der Waals surface area contributed by atoms with Gasteiger partial charge in [0, 0.05) is 36.4 Å². The summed E-state index contributed by atoms with van der Waals surface area (Å²) in [6, 6.07) is 19.3. The highest BCUT2D eigenvalue weighted by atomic mass is 19.3. The molecule has 0 saturated carbocycles. The lowest BCUT2D eigenvalue weighted by atomic mass is 10.1. The predicted octanol–water partition coefficient (Wildman–Crippen LogP) is 6.11. The molecule has 6 nitrogen and oxygen atoms in total. The van der Waals surface area contributed by atoms with Crippen molar-refractivity contribution < 1.29 is 22.6 Å². The minimum atomic E-state index is -4.50. The van der Waals surface area contributed by atoms with Gasteiger partial charge in [-0.2, -0.15) is 5.10 Å². The number of hydrogen-bond donors (Lipinski definition) is 0. The van der Waals surface area contributed by atoms with Crippen molar-refractivity contribution >= 4 is 30.8 Å². The normalized spacial score (nSPS) is 19.2. The summed E-state index contributed by atoms with van der Waals surface area (Å²) in [5.41, 5.74) is 5.14. The van der Waals surface area contributed by atoms with Gasteiger partial charge in [-0.15, -0.1) is 0 Å². The first-order valence-electron chi connectivity index (χ1n) is 11.4. The smallest absolute Gasteiger partial charge is 0.627 e. The number of rotatable bonds is 5. The molecule has 2 aliphatic heterocycles. The fourth-order valence-electron chi connectivity index (χ4n) is 3.90. The Balaban J connectivity index is 1.38. The van der Waals surface area contributed by atoms with E-state index in [0.29, 0.717) is 0 Å². The van der Waals surface area contributed by atoms with Gasteiger partial charge in [-0.05, 0) is 53.1 Å². The highest BCUT2D eigenvalue weighted by Gasteiger charge is 2.36. The summed E-state index contributed by atoms with van der Waals surface area (Å²) in [6.07, 6.45) is 11.2. The molecule has 0 bridgehead atoms. The predicted molar refractivity (Wildman–Crippen MR) is 137 cm³/mol. The number of halogens is 2. The van der Waals surface area contributed by atoms with Crippen LogP contribution in [-0.2, 0) is 9.31 Å². The van der Waals surface area contributed by atoms with E-state index in [1.807, 2.05) is 74.5 Å². The quantitative estimate of drug-likeness (QED) is 0.324. The van der Waals surface area contributed by atoms with E-state index in [-0.39, 0.29) is 11.5 Å². The van der Waals surface area contributed by atoms with Crippen LogP contribution in [0.25, 0.3) is 11.8 Å². The summed E-state index contributed by atoms with van der Waals surface area (Å²) in [6.45, 7) is 3.82. The molecular formula is C27H23BF2N4O2. The number of hydrogen-bond acceptors (Lipinski definition) is 4. The lowest BCUT2D eigenvalue weighted by molar-refractivity contribution is -0.441. The fraction of sp³-hybridized carbons (Fsp3) is 0.0741. The molecule has 3 heterocycles. The third kappa shape index (κ3) is 4.95. The van der Waals surface area contributed by atoms with Crippen molar-refractivity contribution in [3.8, 4) is 5.69 Å². The van der Waals surface area contributed by atoms with Gasteiger partial charge in [0.2, 0.25) is 11.4 Å². The number of nitrogens with zero attached hydrogens (tertiary/aromatic N) is 4. The summed E-state index contributed by atoms with van der Waals surface area (Å²) in [5.74, 6) is -0.0103. The molecule has 0 unspecified atom stereocenters. The van der Waals surface area contributed by atoms with Gasteiger partial charge in [0.25, 0.3) is 0 Å². The van der Waals surface area contributed by atoms with Crippen molar-refractivity contribution in [2.24, 2.45) is 5.10 Å². The van der Waals surface area contributed by atoms with Crippen LogP contribution in [0.4, 0.5) is 14.3 Å². The van der Waals surface area contributed by atoms with Crippen LogP contribution >= 0.6 is 0 Å². The maximum absolute atomic E-state index is 14.2. The van der Waals surface area contributed by atoms with Crippen molar-refractivity contribution in [1.29, 1.82) is 0 Å². The van der Waals surface area contributed by atoms with E-state index >= 15 is 0 Å². The van der Waals surface area contributed by atoms with Crippen molar-refractivity contribution in [1.82, 2.24) is 9.78 Å². The van der Waals surface area contributed by atoms with Gasteiger partial charge in [-0.1, -0.05) is 36.4 Å². The number of benzene rings is 2. The highest BCUT2D eigenvalue weighted by Crippen LogP contribution is 2.28. The number of hydrazone groups is 1. The average Bonchev–Trinajstić information content (AvgIpc) is 3.43. The maximum Gasteiger partial charge on any atom is 0.725 e. The Morgan fingerprint density at radius 3 is 2.39 bits per heavy atom.